The average molecular weight is 382 g/mol. The number of fused-ring (bicyclic) bond motifs is 1. The first-order valence-electron chi connectivity index (χ1n) is 9.84. The van der Waals surface area contributed by atoms with Gasteiger partial charge in [-0.3, -0.25) is 4.79 Å². The molecule has 0 radical (unpaired) electrons. The van der Waals surface area contributed by atoms with Crippen LogP contribution in [0.5, 0.6) is 0 Å². The smallest absolute Gasteiger partial charge is 0.341 e. The standard InChI is InChI=1S/C19H29N3O3S/c1-3-25-19(24)17-14-7-5-4-6-8-15(14)26-18(17)20-16(23)13-22-11-9-21(2)10-12-22/h3-13H2,1-2H3,(H,20,23)/p+2. The van der Waals surface area contributed by atoms with Crippen molar-refractivity contribution in [3.8, 4) is 0 Å². The van der Waals surface area contributed by atoms with Crippen molar-refractivity contribution in [2.75, 3.05) is 51.7 Å². The van der Waals surface area contributed by atoms with Crippen LogP contribution in [0.25, 0.3) is 0 Å². The third kappa shape index (κ3) is 4.64. The summed E-state index contributed by atoms with van der Waals surface area (Å²) < 4.78 is 5.29. The third-order valence-corrected chi connectivity index (χ3v) is 6.58. The van der Waals surface area contributed by atoms with Crippen molar-refractivity contribution in [3.05, 3.63) is 16.0 Å². The number of piperazine rings is 1. The number of aryl methyl sites for hydroxylation is 1. The molecule has 0 atom stereocenters. The van der Waals surface area contributed by atoms with Crippen LogP contribution >= 0.6 is 11.3 Å². The fraction of sp³-hybridized carbons (Fsp3) is 0.684. The van der Waals surface area contributed by atoms with Crippen LogP contribution in [0.3, 0.4) is 0 Å². The van der Waals surface area contributed by atoms with Gasteiger partial charge in [-0.25, -0.2) is 4.79 Å². The molecule has 7 heteroatoms. The minimum Gasteiger partial charge on any atom is -0.462 e. The molecular weight excluding hydrogens is 350 g/mol. The molecule has 3 N–H and O–H groups in total. The lowest BCUT2D eigenvalue weighted by molar-refractivity contribution is -0.999. The lowest BCUT2D eigenvalue weighted by Gasteiger charge is -2.26. The van der Waals surface area contributed by atoms with Crippen molar-refractivity contribution in [2.45, 2.75) is 39.0 Å². The highest BCUT2D eigenvalue weighted by Crippen LogP contribution is 2.37. The van der Waals surface area contributed by atoms with Crippen molar-refractivity contribution < 1.29 is 24.1 Å². The number of ether oxygens (including phenoxy) is 1. The van der Waals surface area contributed by atoms with Gasteiger partial charge < -0.3 is 19.9 Å². The monoisotopic (exact) mass is 381 g/mol. The number of nitrogens with one attached hydrogen (secondary N) is 3. The van der Waals surface area contributed by atoms with Gasteiger partial charge in [0.25, 0.3) is 5.91 Å². The quantitative estimate of drug-likeness (QED) is 0.478. The molecule has 0 aromatic carbocycles. The molecule has 0 spiro atoms. The molecule has 0 saturated carbocycles. The summed E-state index contributed by atoms with van der Waals surface area (Å²) >= 11 is 1.57. The van der Waals surface area contributed by atoms with Crippen LogP contribution in [0.2, 0.25) is 0 Å². The first kappa shape index (κ1) is 19.3. The second kappa shape index (κ2) is 8.97. The topological polar surface area (TPSA) is 64.3 Å². The van der Waals surface area contributed by atoms with Gasteiger partial charge in [-0.15, -0.1) is 11.3 Å². The summed E-state index contributed by atoms with van der Waals surface area (Å²) in [7, 11) is 2.20. The number of hydrogen-bond acceptors (Lipinski definition) is 4. The first-order valence-corrected chi connectivity index (χ1v) is 10.7. The maximum atomic E-state index is 12.6. The van der Waals surface area contributed by atoms with E-state index in [0.717, 1.165) is 57.4 Å². The highest BCUT2D eigenvalue weighted by Gasteiger charge is 2.28. The van der Waals surface area contributed by atoms with E-state index in [-0.39, 0.29) is 11.9 Å². The molecule has 0 bridgehead atoms. The van der Waals surface area contributed by atoms with E-state index in [1.54, 1.807) is 11.3 Å². The van der Waals surface area contributed by atoms with Gasteiger partial charge in [-0.2, -0.15) is 0 Å². The molecule has 1 aliphatic carbocycles. The van der Waals surface area contributed by atoms with Crippen LogP contribution in [0.4, 0.5) is 5.00 Å². The van der Waals surface area contributed by atoms with E-state index < -0.39 is 0 Å². The van der Waals surface area contributed by atoms with Crippen molar-refractivity contribution in [2.24, 2.45) is 0 Å². The second-order valence-electron chi connectivity index (χ2n) is 7.42. The van der Waals surface area contributed by atoms with Gasteiger partial charge in [0.05, 0.1) is 19.2 Å². The van der Waals surface area contributed by atoms with Gasteiger partial charge in [0.15, 0.2) is 6.54 Å². The average Bonchev–Trinajstić information content (AvgIpc) is 2.78. The van der Waals surface area contributed by atoms with E-state index in [1.807, 2.05) is 6.92 Å². The van der Waals surface area contributed by atoms with Gasteiger partial charge >= 0.3 is 5.97 Å². The lowest BCUT2D eigenvalue weighted by atomic mass is 10.1. The van der Waals surface area contributed by atoms with Gasteiger partial charge in [0.2, 0.25) is 0 Å². The fourth-order valence-electron chi connectivity index (χ4n) is 3.85. The Morgan fingerprint density at radius 3 is 2.58 bits per heavy atom. The summed E-state index contributed by atoms with van der Waals surface area (Å²) in [4.78, 5) is 29.2. The minimum atomic E-state index is -0.294. The van der Waals surface area contributed by atoms with Crippen LogP contribution in [0.15, 0.2) is 0 Å². The number of esters is 1. The molecule has 1 aliphatic heterocycles. The highest BCUT2D eigenvalue weighted by atomic mass is 32.1. The minimum absolute atomic E-state index is 0.00140. The fourth-order valence-corrected chi connectivity index (χ4v) is 5.15. The van der Waals surface area contributed by atoms with Gasteiger partial charge in [-0.05, 0) is 38.2 Å². The van der Waals surface area contributed by atoms with Gasteiger partial charge in [0.1, 0.15) is 31.2 Å². The molecule has 144 valence electrons. The van der Waals surface area contributed by atoms with Crippen LogP contribution in [-0.4, -0.2) is 58.3 Å². The summed E-state index contributed by atoms with van der Waals surface area (Å²) in [5.41, 5.74) is 1.72. The molecular formula is C19H31N3O3S+2. The molecule has 1 fully saturated rings. The Labute approximate surface area is 159 Å². The van der Waals surface area contributed by atoms with E-state index in [0.29, 0.717) is 23.7 Å². The Hall–Kier alpha value is -1.44. The van der Waals surface area contributed by atoms with E-state index in [2.05, 4.69) is 12.4 Å². The number of rotatable bonds is 5. The summed E-state index contributed by atoms with van der Waals surface area (Å²) in [6.45, 7) is 6.88. The first-order chi connectivity index (χ1) is 12.6. The molecule has 3 rings (SSSR count). The SMILES string of the molecule is CCOC(=O)c1c(NC(=O)C[NH+]2CC[NH+](C)CC2)sc2c1CCCCC2. The summed E-state index contributed by atoms with van der Waals surface area (Å²) in [6, 6.07) is 0. The zero-order valence-electron chi connectivity index (χ0n) is 15.9. The van der Waals surface area contributed by atoms with Crippen molar-refractivity contribution in [1.82, 2.24) is 0 Å². The molecule has 26 heavy (non-hydrogen) atoms. The predicted octanol–water partition coefficient (Wildman–Crippen LogP) is -0.455. The zero-order valence-corrected chi connectivity index (χ0v) is 16.7. The molecule has 2 aliphatic rings. The number of carbonyl (C=O) groups is 2. The Bertz CT molecular complexity index is 651. The number of anilines is 1. The Balaban J connectivity index is 1.73. The summed E-state index contributed by atoms with van der Waals surface area (Å²) in [5, 5.41) is 3.73. The molecule has 1 saturated heterocycles. The second-order valence-corrected chi connectivity index (χ2v) is 8.53. The van der Waals surface area contributed by atoms with Crippen LogP contribution in [0.1, 0.15) is 47.0 Å². The molecule has 1 aromatic heterocycles. The molecule has 1 aromatic rings. The van der Waals surface area contributed by atoms with E-state index in [4.69, 9.17) is 4.74 Å². The number of amides is 1. The predicted molar refractivity (Wildman–Crippen MR) is 102 cm³/mol. The number of likely N-dealkylation sites (N-methyl/N-ethyl adjacent to an activating group) is 1. The third-order valence-electron chi connectivity index (χ3n) is 5.38. The molecule has 1 amide bonds. The number of hydrogen-bond donors (Lipinski definition) is 3. The number of thiophene rings is 1. The molecule has 2 heterocycles. The molecule has 0 unspecified atom stereocenters. The number of quaternary nitrogens is 2. The van der Waals surface area contributed by atoms with Crippen LogP contribution < -0.4 is 15.1 Å². The zero-order chi connectivity index (χ0) is 18.5. The van der Waals surface area contributed by atoms with Crippen molar-refractivity contribution in [1.29, 1.82) is 0 Å². The lowest BCUT2D eigenvalue weighted by Crippen LogP contribution is -3.27. The maximum absolute atomic E-state index is 12.6. The van der Waals surface area contributed by atoms with E-state index in [1.165, 1.54) is 21.1 Å². The van der Waals surface area contributed by atoms with Gasteiger partial charge in [-0.1, -0.05) is 6.42 Å². The van der Waals surface area contributed by atoms with Gasteiger partial charge in [0, 0.05) is 4.88 Å². The van der Waals surface area contributed by atoms with Crippen LogP contribution in [0, 0.1) is 0 Å². The maximum Gasteiger partial charge on any atom is 0.341 e. The summed E-state index contributed by atoms with van der Waals surface area (Å²) in [6.07, 6.45) is 5.34. The van der Waals surface area contributed by atoms with Crippen molar-refractivity contribution >= 4 is 28.2 Å². The van der Waals surface area contributed by atoms with Crippen molar-refractivity contribution in [3.63, 3.8) is 0 Å². The Morgan fingerprint density at radius 2 is 1.85 bits per heavy atom. The Morgan fingerprint density at radius 1 is 1.12 bits per heavy atom. The van der Waals surface area contributed by atoms with E-state index >= 15 is 0 Å². The Kier molecular flexibility index (Phi) is 6.67. The number of carbonyl (C=O) groups excluding carboxylic acids is 2. The van der Waals surface area contributed by atoms with Crippen LogP contribution in [-0.2, 0) is 22.4 Å². The normalized spacial score (nSPS) is 23.0. The summed E-state index contributed by atoms with van der Waals surface area (Å²) in [5.74, 6) is -0.292. The van der Waals surface area contributed by atoms with E-state index in [9.17, 15) is 9.59 Å². The largest absolute Gasteiger partial charge is 0.462 e. The highest BCUT2D eigenvalue weighted by molar-refractivity contribution is 7.17. The molecule has 6 nitrogen and oxygen atoms in total.